The molecule has 0 radical (unpaired) electrons. The summed E-state index contributed by atoms with van der Waals surface area (Å²) in [4.78, 5) is 15.2. The minimum Gasteiger partial charge on any atom is -0.507 e. The number of carbonyl (C=O) groups is 1. The zero-order valence-electron chi connectivity index (χ0n) is 18.8. The Morgan fingerprint density at radius 2 is 1.81 bits per heavy atom. The second kappa shape index (κ2) is 9.16. The second-order valence-corrected chi connectivity index (χ2v) is 8.19. The van der Waals surface area contributed by atoms with Crippen LogP contribution in [0.15, 0.2) is 30.3 Å². The molecule has 1 amide bonds. The summed E-state index contributed by atoms with van der Waals surface area (Å²) >= 11 is 0. The summed E-state index contributed by atoms with van der Waals surface area (Å²) < 4.78 is 27.6. The lowest BCUT2D eigenvalue weighted by molar-refractivity contribution is -0.143. The van der Waals surface area contributed by atoms with Crippen molar-refractivity contribution in [2.75, 3.05) is 34.1 Å². The fourth-order valence-electron chi connectivity index (χ4n) is 4.43. The van der Waals surface area contributed by atoms with E-state index >= 15 is 0 Å². The fourth-order valence-corrected chi connectivity index (χ4v) is 4.43. The number of methoxy groups -OCH3 is 2. The van der Waals surface area contributed by atoms with Gasteiger partial charge in [0.15, 0.2) is 11.5 Å². The van der Waals surface area contributed by atoms with Gasteiger partial charge in [-0.3, -0.25) is 4.79 Å². The molecule has 1 saturated heterocycles. The maximum Gasteiger partial charge on any atom is 0.231 e. The smallest absolute Gasteiger partial charge is 0.231 e. The highest BCUT2D eigenvalue weighted by Gasteiger charge is 2.32. The highest BCUT2D eigenvalue weighted by molar-refractivity contribution is 5.78. The van der Waals surface area contributed by atoms with Crippen molar-refractivity contribution in [3.05, 3.63) is 41.5 Å². The maximum absolute atomic E-state index is 13.4. The third kappa shape index (κ3) is 4.41. The van der Waals surface area contributed by atoms with E-state index in [9.17, 15) is 9.90 Å². The molecule has 2 aliphatic rings. The number of aromatic hydroxyl groups is 1. The molecule has 1 N–H and O–H groups in total. The van der Waals surface area contributed by atoms with Crippen LogP contribution in [0.3, 0.4) is 0 Å². The molecule has 2 aliphatic heterocycles. The number of rotatable bonds is 6. The number of amides is 1. The molecule has 2 aromatic carbocycles. The number of nitrogens with zero attached hydrogens (tertiary/aromatic N) is 1. The van der Waals surface area contributed by atoms with Gasteiger partial charge in [0.1, 0.15) is 17.2 Å². The largest absolute Gasteiger partial charge is 0.507 e. The van der Waals surface area contributed by atoms with Crippen molar-refractivity contribution >= 4 is 5.91 Å². The normalized spacial score (nSPS) is 20.7. The van der Waals surface area contributed by atoms with Gasteiger partial charge in [-0.25, -0.2) is 0 Å². The minimum absolute atomic E-state index is 0.000352. The van der Waals surface area contributed by atoms with Crippen LogP contribution >= 0.6 is 0 Å². The van der Waals surface area contributed by atoms with Gasteiger partial charge in [0.25, 0.3) is 0 Å². The number of ether oxygens (including phenoxy) is 5. The van der Waals surface area contributed by atoms with Crippen LogP contribution < -0.4 is 18.9 Å². The number of phenols is 1. The van der Waals surface area contributed by atoms with E-state index in [0.717, 1.165) is 5.56 Å². The van der Waals surface area contributed by atoms with E-state index in [1.54, 1.807) is 6.07 Å². The van der Waals surface area contributed by atoms with Crippen LogP contribution in [-0.4, -0.2) is 62.2 Å². The molecule has 172 valence electrons. The van der Waals surface area contributed by atoms with Gasteiger partial charge in [0.05, 0.1) is 26.4 Å². The minimum atomic E-state index is -0.466. The van der Waals surface area contributed by atoms with E-state index in [-0.39, 0.29) is 37.1 Å². The number of fused-ring (bicyclic) bond motifs is 1. The van der Waals surface area contributed by atoms with Gasteiger partial charge in [-0.1, -0.05) is 6.07 Å². The molecule has 0 saturated carbocycles. The van der Waals surface area contributed by atoms with Crippen LogP contribution in [0.2, 0.25) is 0 Å². The van der Waals surface area contributed by atoms with Crippen LogP contribution in [0.1, 0.15) is 37.3 Å². The first-order valence-electron chi connectivity index (χ1n) is 10.7. The van der Waals surface area contributed by atoms with Gasteiger partial charge in [-0.15, -0.1) is 0 Å². The predicted octanol–water partition coefficient (Wildman–Crippen LogP) is 3.30. The first-order chi connectivity index (χ1) is 15.4. The van der Waals surface area contributed by atoms with Gasteiger partial charge >= 0.3 is 0 Å². The molecule has 8 heteroatoms. The summed E-state index contributed by atoms with van der Waals surface area (Å²) in [6, 6.07) is 8.80. The highest BCUT2D eigenvalue weighted by atomic mass is 16.7. The summed E-state index contributed by atoms with van der Waals surface area (Å²) in [5.41, 5.74) is 1.34. The van der Waals surface area contributed by atoms with Crippen molar-refractivity contribution in [3.8, 4) is 28.7 Å². The van der Waals surface area contributed by atoms with Crippen molar-refractivity contribution in [2.24, 2.45) is 0 Å². The van der Waals surface area contributed by atoms with Crippen molar-refractivity contribution in [1.29, 1.82) is 0 Å². The average Bonchev–Trinajstić information content (AvgIpc) is 3.24. The van der Waals surface area contributed by atoms with Gasteiger partial charge in [0.2, 0.25) is 12.7 Å². The van der Waals surface area contributed by atoms with E-state index in [4.69, 9.17) is 23.7 Å². The molecule has 0 spiro atoms. The van der Waals surface area contributed by atoms with Crippen LogP contribution in [0.5, 0.6) is 28.7 Å². The van der Waals surface area contributed by atoms with Crippen LogP contribution in [-0.2, 0) is 9.53 Å². The lowest BCUT2D eigenvalue weighted by Crippen LogP contribution is -2.48. The number of benzene rings is 2. The Kier molecular flexibility index (Phi) is 6.32. The summed E-state index contributed by atoms with van der Waals surface area (Å²) in [6.45, 7) is 5.14. The van der Waals surface area contributed by atoms with E-state index in [0.29, 0.717) is 41.7 Å². The third-order valence-electron chi connectivity index (χ3n) is 5.85. The van der Waals surface area contributed by atoms with Gasteiger partial charge < -0.3 is 33.7 Å². The van der Waals surface area contributed by atoms with Crippen molar-refractivity contribution in [3.63, 3.8) is 0 Å². The molecule has 32 heavy (non-hydrogen) atoms. The summed E-state index contributed by atoms with van der Waals surface area (Å²) in [5.74, 6) is 1.69. The molecule has 2 aromatic rings. The Bertz CT molecular complexity index is 983. The molecule has 8 nitrogen and oxygen atoms in total. The van der Waals surface area contributed by atoms with E-state index in [2.05, 4.69) is 0 Å². The molecule has 0 aliphatic carbocycles. The molecule has 4 rings (SSSR count). The van der Waals surface area contributed by atoms with Crippen molar-refractivity contribution < 1.29 is 33.6 Å². The SMILES string of the molecule is COc1cc(O)c(C(CC(=O)N2C[C@@H](C)O[C@@H](C)C2)c2ccc3c(c2)OCO3)c(OC)c1. The van der Waals surface area contributed by atoms with E-state index in [1.807, 2.05) is 36.9 Å². The standard InChI is InChI=1S/C24H29NO7/c1-14-11-25(12-15(2)32-14)23(27)10-18(16-5-6-20-21(7-16)31-13-30-20)24-19(26)8-17(28-3)9-22(24)29-4/h5-9,14-15,18,26H,10-13H2,1-4H3/t14-,15+,18?. The first kappa shape index (κ1) is 22.1. The number of hydrogen-bond donors (Lipinski definition) is 1. The van der Waals surface area contributed by atoms with E-state index < -0.39 is 5.92 Å². The summed E-state index contributed by atoms with van der Waals surface area (Å²) in [7, 11) is 3.05. The first-order valence-corrected chi connectivity index (χ1v) is 10.7. The number of morpholine rings is 1. The van der Waals surface area contributed by atoms with Gasteiger partial charge in [-0.05, 0) is 31.5 Å². The molecule has 3 atom stereocenters. The fraction of sp³-hybridized carbons (Fsp3) is 0.458. The third-order valence-corrected chi connectivity index (χ3v) is 5.85. The Morgan fingerprint density at radius 3 is 2.50 bits per heavy atom. The lowest BCUT2D eigenvalue weighted by Gasteiger charge is -2.36. The lowest BCUT2D eigenvalue weighted by atomic mass is 9.86. The Morgan fingerprint density at radius 1 is 1.09 bits per heavy atom. The molecule has 1 unspecified atom stereocenters. The molecule has 2 heterocycles. The van der Waals surface area contributed by atoms with E-state index in [1.165, 1.54) is 20.3 Å². The monoisotopic (exact) mass is 443 g/mol. The molecular weight excluding hydrogens is 414 g/mol. The molecule has 0 bridgehead atoms. The van der Waals surface area contributed by atoms with Crippen LogP contribution in [0, 0.1) is 0 Å². The van der Waals surface area contributed by atoms with Crippen molar-refractivity contribution in [2.45, 2.75) is 38.4 Å². The summed E-state index contributed by atoms with van der Waals surface area (Å²) in [5, 5.41) is 10.9. The van der Waals surface area contributed by atoms with Crippen LogP contribution in [0.25, 0.3) is 0 Å². The maximum atomic E-state index is 13.4. The van der Waals surface area contributed by atoms with Crippen LogP contribution in [0.4, 0.5) is 0 Å². The number of phenolic OH excluding ortho intramolecular Hbond substituents is 1. The average molecular weight is 443 g/mol. The quantitative estimate of drug-likeness (QED) is 0.733. The Labute approximate surface area is 187 Å². The topological polar surface area (TPSA) is 86.7 Å². The molecule has 1 fully saturated rings. The Balaban J connectivity index is 1.73. The summed E-state index contributed by atoms with van der Waals surface area (Å²) in [6.07, 6.45) is 0.0845. The second-order valence-electron chi connectivity index (χ2n) is 8.19. The molecule has 0 aromatic heterocycles. The zero-order chi connectivity index (χ0) is 22.8. The number of carbonyl (C=O) groups excluding carboxylic acids is 1. The van der Waals surface area contributed by atoms with Crippen molar-refractivity contribution in [1.82, 2.24) is 4.90 Å². The number of hydrogen-bond acceptors (Lipinski definition) is 7. The zero-order valence-corrected chi connectivity index (χ0v) is 18.8. The Hall–Kier alpha value is -3.13. The molecular formula is C24H29NO7. The predicted molar refractivity (Wildman–Crippen MR) is 117 cm³/mol. The van der Waals surface area contributed by atoms with Gasteiger partial charge in [0, 0.05) is 43.1 Å². The highest BCUT2D eigenvalue weighted by Crippen LogP contribution is 2.45. The van der Waals surface area contributed by atoms with Gasteiger partial charge in [-0.2, -0.15) is 0 Å².